The van der Waals surface area contributed by atoms with Crippen molar-refractivity contribution in [2.75, 3.05) is 6.61 Å². The molecule has 4 N–H and O–H groups in total. The normalized spacial score (nSPS) is 11.8. The molecule has 0 bridgehead atoms. The molecule has 1 aromatic rings. The van der Waals surface area contributed by atoms with Crippen molar-refractivity contribution in [2.24, 2.45) is 5.73 Å². The predicted octanol–water partition coefficient (Wildman–Crippen LogP) is -0.808. The standard InChI is InChI=1S/C11H14N2O3/c12-10(15)11(16)13-9(7-14)6-8-4-2-1-3-5-8/h1-5,9,14H,6-7H2,(H2,12,15)(H,13,16). The van der Waals surface area contributed by atoms with Gasteiger partial charge in [-0.2, -0.15) is 0 Å². The zero-order chi connectivity index (χ0) is 12.0. The molecule has 0 fully saturated rings. The molecule has 16 heavy (non-hydrogen) atoms. The lowest BCUT2D eigenvalue weighted by atomic mass is 10.1. The first-order valence-electron chi connectivity index (χ1n) is 4.88. The Morgan fingerprint density at radius 3 is 2.44 bits per heavy atom. The van der Waals surface area contributed by atoms with Crippen LogP contribution in [-0.4, -0.2) is 29.6 Å². The van der Waals surface area contributed by atoms with Crippen LogP contribution in [0.4, 0.5) is 0 Å². The number of hydrogen-bond acceptors (Lipinski definition) is 3. The third-order valence-electron chi connectivity index (χ3n) is 2.10. The predicted molar refractivity (Wildman–Crippen MR) is 58.4 cm³/mol. The molecule has 1 atom stereocenters. The van der Waals surface area contributed by atoms with E-state index in [0.717, 1.165) is 5.56 Å². The molecule has 0 radical (unpaired) electrons. The van der Waals surface area contributed by atoms with Crippen LogP contribution < -0.4 is 11.1 Å². The Labute approximate surface area is 93.3 Å². The van der Waals surface area contributed by atoms with Crippen LogP contribution in [0.25, 0.3) is 0 Å². The van der Waals surface area contributed by atoms with Gasteiger partial charge in [0, 0.05) is 0 Å². The van der Waals surface area contributed by atoms with Crippen LogP contribution in [0, 0.1) is 0 Å². The van der Waals surface area contributed by atoms with Gasteiger partial charge in [-0.15, -0.1) is 0 Å². The van der Waals surface area contributed by atoms with Crippen LogP contribution in [0.15, 0.2) is 30.3 Å². The van der Waals surface area contributed by atoms with E-state index in [-0.39, 0.29) is 6.61 Å². The summed E-state index contributed by atoms with van der Waals surface area (Å²) in [6, 6.07) is 8.85. The van der Waals surface area contributed by atoms with E-state index in [1.54, 1.807) is 0 Å². The molecule has 0 spiro atoms. The second kappa shape index (κ2) is 5.87. The van der Waals surface area contributed by atoms with Crippen molar-refractivity contribution >= 4 is 11.8 Å². The van der Waals surface area contributed by atoms with E-state index in [4.69, 9.17) is 10.8 Å². The Kier molecular flexibility index (Phi) is 4.47. The summed E-state index contributed by atoms with van der Waals surface area (Å²) in [5.74, 6) is -1.93. The number of primary amides is 1. The van der Waals surface area contributed by atoms with Gasteiger partial charge in [0.1, 0.15) is 0 Å². The molecule has 1 rings (SSSR count). The molecule has 1 unspecified atom stereocenters. The smallest absolute Gasteiger partial charge is 0.309 e. The van der Waals surface area contributed by atoms with Gasteiger partial charge in [-0.1, -0.05) is 30.3 Å². The average molecular weight is 222 g/mol. The van der Waals surface area contributed by atoms with E-state index in [0.29, 0.717) is 6.42 Å². The van der Waals surface area contributed by atoms with Crippen molar-refractivity contribution in [3.63, 3.8) is 0 Å². The Balaban J connectivity index is 2.56. The zero-order valence-electron chi connectivity index (χ0n) is 8.72. The number of nitrogens with two attached hydrogens (primary N) is 1. The summed E-state index contributed by atoms with van der Waals surface area (Å²) in [5.41, 5.74) is 5.76. The summed E-state index contributed by atoms with van der Waals surface area (Å²) in [4.78, 5) is 21.5. The van der Waals surface area contributed by atoms with Crippen LogP contribution in [0.3, 0.4) is 0 Å². The molecule has 86 valence electrons. The topological polar surface area (TPSA) is 92.4 Å². The highest BCUT2D eigenvalue weighted by atomic mass is 16.3. The molecule has 0 aliphatic carbocycles. The number of aliphatic hydroxyl groups excluding tert-OH is 1. The highest BCUT2D eigenvalue weighted by Gasteiger charge is 2.15. The molecular formula is C11H14N2O3. The van der Waals surface area contributed by atoms with Gasteiger partial charge in [0.15, 0.2) is 0 Å². The molecule has 0 saturated heterocycles. The fourth-order valence-electron chi connectivity index (χ4n) is 1.32. The number of amides is 2. The number of rotatable bonds is 4. The van der Waals surface area contributed by atoms with Crippen molar-refractivity contribution in [3.8, 4) is 0 Å². The van der Waals surface area contributed by atoms with Gasteiger partial charge < -0.3 is 16.2 Å². The first kappa shape index (κ1) is 12.2. The summed E-state index contributed by atoms with van der Waals surface area (Å²) >= 11 is 0. The fraction of sp³-hybridized carbons (Fsp3) is 0.273. The lowest BCUT2D eigenvalue weighted by Crippen LogP contribution is -2.45. The van der Waals surface area contributed by atoms with E-state index in [1.165, 1.54) is 0 Å². The maximum atomic E-state index is 11.0. The second-order valence-corrected chi connectivity index (χ2v) is 3.41. The Morgan fingerprint density at radius 2 is 1.94 bits per heavy atom. The van der Waals surface area contributed by atoms with E-state index >= 15 is 0 Å². The molecule has 5 nitrogen and oxygen atoms in total. The van der Waals surface area contributed by atoms with Crippen LogP contribution in [-0.2, 0) is 16.0 Å². The molecule has 0 saturated carbocycles. The molecule has 1 aromatic carbocycles. The molecule has 0 heterocycles. The van der Waals surface area contributed by atoms with E-state index in [1.807, 2.05) is 30.3 Å². The number of aliphatic hydroxyl groups is 1. The van der Waals surface area contributed by atoms with Crippen LogP contribution in [0.1, 0.15) is 5.56 Å². The highest BCUT2D eigenvalue weighted by Crippen LogP contribution is 2.02. The molecule has 0 aliphatic heterocycles. The van der Waals surface area contributed by atoms with Crippen molar-refractivity contribution in [3.05, 3.63) is 35.9 Å². The SMILES string of the molecule is NC(=O)C(=O)NC(CO)Cc1ccccc1. The third-order valence-corrected chi connectivity index (χ3v) is 2.10. The summed E-state index contributed by atoms with van der Waals surface area (Å²) in [6.07, 6.45) is 0.455. The molecule has 2 amide bonds. The average Bonchev–Trinajstić information content (AvgIpc) is 2.29. The minimum atomic E-state index is -1.05. The number of carbonyl (C=O) groups excluding carboxylic acids is 2. The molecular weight excluding hydrogens is 208 g/mol. The molecule has 0 aromatic heterocycles. The van der Waals surface area contributed by atoms with Crippen LogP contribution in [0.2, 0.25) is 0 Å². The summed E-state index contributed by atoms with van der Waals surface area (Å²) in [6.45, 7) is -0.242. The fourth-order valence-corrected chi connectivity index (χ4v) is 1.32. The van der Waals surface area contributed by atoms with Gasteiger partial charge in [0.2, 0.25) is 0 Å². The largest absolute Gasteiger partial charge is 0.394 e. The van der Waals surface area contributed by atoms with E-state index in [9.17, 15) is 9.59 Å². The van der Waals surface area contributed by atoms with E-state index in [2.05, 4.69) is 5.32 Å². The summed E-state index contributed by atoms with van der Waals surface area (Å²) in [5, 5.41) is 11.4. The number of nitrogens with one attached hydrogen (secondary N) is 1. The first-order valence-corrected chi connectivity index (χ1v) is 4.88. The van der Waals surface area contributed by atoms with Gasteiger partial charge in [0.25, 0.3) is 0 Å². The Hall–Kier alpha value is -1.88. The Morgan fingerprint density at radius 1 is 1.31 bits per heavy atom. The van der Waals surface area contributed by atoms with Crippen LogP contribution in [0.5, 0.6) is 0 Å². The second-order valence-electron chi connectivity index (χ2n) is 3.41. The number of benzene rings is 1. The molecule has 5 heteroatoms. The lowest BCUT2D eigenvalue weighted by Gasteiger charge is -2.14. The quantitative estimate of drug-likeness (QED) is 0.582. The van der Waals surface area contributed by atoms with Gasteiger partial charge in [-0.25, -0.2) is 0 Å². The third kappa shape index (κ3) is 3.70. The van der Waals surface area contributed by atoms with Crippen molar-refractivity contribution in [1.82, 2.24) is 5.32 Å². The summed E-state index contributed by atoms with van der Waals surface area (Å²) in [7, 11) is 0. The minimum Gasteiger partial charge on any atom is -0.394 e. The maximum absolute atomic E-state index is 11.0. The highest BCUT2D eigenvalue weighted by molar-refractivity contribution is 6.34. The van der Waals surface area contributed by atoms with Crippen molar-refractivity contribution < 1.29 is 14.7 Å². The maximum Gasteiger partial charge on any atom is 0.309 e. The van der Waals surface area contributed by atoms with E-state index < -0.39 is 17.9 Å². The number of carbonyl (C=O) groups is 2. The van der Waals surface area contributed by atoms with Crippen molar-refractivity contribution in [2.45, 2.75) is 12.5 Å². The van der Waals surface area contributed by atoms with Gasteiger partial charge >= 0.3 is 11.8 Å². The monoisotopic (exact) mass is 222 g/mol. The zero-order valence-corrected chi connectivity index (χ0v) is 8.72. The minimum absolute atomic E-state index is 0.242. The van der Waals surface area contributed by atoms with Gasteiger partial charge in [-0.05, 0) is 12.0 Å². The molecule has 0 aliphatic rings. The van der Waals surface area contributed by atoms with Crippen LogP contribution >= 0.6 is 0 Å². The Bertz CT molecular complexity index is 365. The number of hydrogen-bond donors (Lipinski definition) is 3. The first-order chi connectivity index (χ1) is 7.63. The summed E-state index contributed by atoms with van der Waals surface area (Å²) < 4.78 is 0. The van der Waals surface area contributed by atoms with Crippen molar-refractivity contribution in [1.29, 1.82) is 0 Å². The van der Waals surface area contributed by atoms with Gasteiger partial charge in [-0.3, -0.25) is 9.59 Å². The van der Waals surface area contributed by atoms with Gasteiger partial charge in [0.05, 0.1) is 12.6 Å². The lowest BCUT2D eigenvalue weighted by molar-refractivity contribution is -0.137.